The summed E-state index contributed by atoms with van der Waals surface area (Å²) in [5.74, 6) is -0.366. The minimum absolute atomic E-state index is 0.0366. The molecule has 10 atom stereocenters. The molecular formula is C20H35NO13S. The van der Waals surface area contributed by atoms with Crippen LogP contribution in [0.3, 0.4) is 0 Å². The van der Waals surface area contributed by atoms with Gasteiger partial charge in [0.05, 0.1) is 26.2 Å². The van der Waals surface area contributed by atoms with E-state index in [4.69, 9.17) is 24.1 Å². The molecule has 2 saturated heterocycles. The lowest BCUT2D eigenvalue weighted by Crippen LogP contribution is -2.68. The maximum absolute atomic E-state index is 11.9. The number of aliphatic hydroxyl groups is 6. The molecule has 15 heteroatoms. The smallest absolute Gasteiger partial charge is 0.304 e. The van der Waals surface area contributed by atoms with Crippen molar-refractivity contribution in [3.8, 4) is 0 Å². The van der Waals surface area contributed by atoms with Crippen LogP contribution in [-0.4, -0.2) is 140 Å². The van der Waals surface area contributed by atoms with Crippen LogP contribution in [0.4, 0.5) is 0 Å². The second kappa shape index (κ2) is 14.6. The fourth-order valence-electron chi connectivity index (χ4n) is 3.72. The molecule has 35 heavy (non-hydrogen) atoms. The number of nitrogens with one attached hydrogen (secondary N) is 1. The van der Waals surface area contributed by atoms with Crippen LogP contribution in [0.15, 0.2) is 0 Å². The zero-order valence-electron chi connectivity index (χ0n) is 19.2. The number of amides is 1. The molecule has 0 radical (unpaired) electrons. The fourth-order valence-corrected chi connectivity index (χ4v) is 4.56. The lowest BCUT2D eigenvalue weighted by atomic mass is 9.95. The summed E-state index contributed by atoms with van der Waals surface area (Å²) in [6, 6.07) is -1.13. The van der Waals surface area contributed by atoms with Crippen LogP contribution in [0, 0.1) is 0 Å². The Hall–Kier alpha value is -1.11. The van der Waals surface area contributed by atoms with Gasteiger partial charge in [-0.25, -0.2) is 0 Å². The SMILES string of the molecule is CC(=O)NC1C(OCCCSCCC(=O)O)OC(CO)C(O)C1OC1OC(CO)C(O)C(O)C1O. The number of thioether (sulfide) groups is 1. The number of rotatable bonds is 13. The number of hydrogen-bond acceptors (Lipinski definition) is 13. The van der Waals surface area contributed by atoms with Gasteiger partial charge in [-0.05, 0) is 12.2 Å². The molecule has 0 spiro atoms. The zero-order valence-corrected chi connectivity index (χ0v) is 20.0. The predicted molar refractivity (Wildman–Crippen MR) is 118 cm³/mol. The quantitative estimate of drug-likeness (QED) is 0.108. The van der Waals surface area contributed by atoms with Crippen LogP contribution in [0.25, 0.3) is 0 Å². The van der Waals surface area contributed by atoms with Gasteiger partial charge in [-0.1, -0.05) is 0 Å². The second-order valence-corrected chi connectivity index (χ2v) is 9.45. The number of aliphatic carboxylic acids is 1. The molecule has 2 heterocycles. The lowest BCUT2D eigenvalue weighted by molar-refractivity contribution is -0.344. The third kappa shape index (κ3) is 8.46. The van der Waals surface area contributed by atoms with Crippen LogP contribution in [0.1, 0.15) is 19.8 Å². The van der Waals surface area contributed by atoms with Gasteiger partial charge < -0.3 is 60.0 Å². The average molecular weight is 530 g/mol. The van der Waals surface area contributed by atoms with E-state index in [1.807, 2.05) is 0 Å². The van der Waals surface area contributed by atoms with Gasteiger partial charge in [-0.2, -0.15) is 11.8 Å². The van der Waals surface area contributed by atoms with Gasteiger partial charge in [0.25, 0.3) is 0 Å². The van der Waals surface area contributed by atoms with Crippen LogP contribution in [0.2, 0.25) is 0 Å². The molecule has 0 saturated carbocycles. The molecule has 0 aromatic heterocycles. The Bertz CT molecular complexity index is 671. The van der Waals surface area contributed by atoms with E-state index in [0.717, 1.165) is 0 Å². The molecular weight excluding hydrogens is 494 g/mol. The lowest BCUT2D eigenvalue weighted by Gasteiger charge is -2.47. The van der Waals surface area contributed by atoms with Crippen LogP contribution >= 0.6 is 11.8 Å². The Balaban J connectivity index is 2.09. The number of carboxylic acids is 1. The highest BCUT2D eigenvalue weighted by atomic mass is 32.2. The number of aliphatic hydroxyl groups excluding tert-OH is 6. The first kappa shape index (κ1) is 30.1. The molecule has 0 aromatic rings. The van der Waals surface area contributed by atoms with Crippen molar-refractivity contribution in [2.45, 2.75) is 81.1 Å². The largest absolute Gasteiger partial charge is 0.481 e. The van der Waals surface area contributed by atoms with Crippen LogP contribution in [0.5, 0.6) is 0 Å². The highest BCUT2D eigenvalue weighted by molar-refractivity contribution is 7.99. The van der Waals surface area contributed by atoms with Crippen molar-refractivity contribution in [1.82, 2.24) is 5.32 Å². The average Bonchev–Trinajstić information content (AvgIpc) is 2.81. The number of carbonyl (C=O) groups excluding carboxylic acids is 1. The first-order valence-corrected chi connectivity index (χ1v) is 12.3. The van der Waals surface area contributed by atoms with E-state index in [0.29, 0.717) is 17.9 Å². The minimum Gasteiger partial charge on any atom is -0.481 e. The number of ether oxygens (including phenoxy) is 4. The normalized spacial score (nSPS) is 37.7. The fraction of sp³-hybridized carbons (Fsp3) is 0.900. The summed E-state index contributed by atoms with van der Waals surface area (Å²) in [6.07, 6.45) is -12.6. The van der Waals surface area contributed by atoms with Crippen molar-refractivity contribution in [2.75, 3.05) is 31.3 Å². The maximum atomic E-state index is 11.9. The Morgan fingerprint density at radius 2 is 1.54 bits per heavy atom. The molecule has 0 aliphatic carbocycles. The van der Waals surface area contributed by atoms with E-state index >= 15 is 0 Å². The number of hydrogen-bond donors (Lipinski definition) is 8. The Morgan fingerprint density at radius 3 is 2.14 bits per heavy atom. The summed E-state index contributed by atoms with van der Waals surface area (Å²) in [6.45, 7) is 0.0343. The molecule has 2 aliphatic heterocycles. The van der Waals surface area contributed by atoms with Gasteiger partial charge in [0.15, 0.2) is 12.6 Å². The minimum atomic E-state index is -1.75. The van der Waals surface area contributed by atoms with Gasteiger partial charge in [-0.3, -0.25) is 9.59 Å². The molecule has 0 bridgehead atoms. The monoisotopic (exact) mass is 529 g/mol. The summed E-state index contributed by atoms with van der Waals surface area (Å²) in [7, 11) is 0. The second-order valence-electron chi connectivity index (χ2n) is 8.22. The molecule has 204 valence electrons. The van der Waals surface area contributed by atoms with E-state index in [1.165, 1.54) is 18.7 Å². The van der Waals surface area contributed by atoms with E-state index in [-0.39, 0.29) is 13.0 Å². The van der Waals surface area contributed by atoms with Crippen molar-refractivity contribution in [3.05, 3.63) is 0 Å². The first-order valence-electron chi connectivity index (χ1n) is 11.2. The summed E-state index contributed by atoms with van der Waals surface area (Å²) in [5.41, 5.74) is 0. The summed E-state index contributed by atoms with van der Waals surface area (Å²) in [4.78, 5) is 22.4. The molecule has 14 nitrogen and oxygen atoms in total. The first-order chi connectivity index (χ1) is 16.6. The van der Waals surface area contributed by atoms with Crippen molar-refractivity contribution in [1.29, 1.82) is 0 Å². The Kier molecular flexibility index (Phi) is 12.5. The summed E-state index contributed by atoms with van der Waals surface area (Å²) in [5, 5.41) is 71.3. The molecule has 2 aliphatic rings. The number of carboxylic acid groups (broad SMARTS) is 1. The van der Waals surface area contributed by atoms with Crippen molar-refractivity contribution in [2.24, 2.45) is 0 Å². The van der Waals surface area contributed by atoms with E-state index in [9.17, 15) is 40.2 Å². The topological polar surface area (TPSA) is 225 Å². The third-order valence-corrected chi connectivity index (χ3v) is 6.61. The molecule has 8 N–H and O–H groups in total. The van der Waals surface area contributed by atoms with E-state index in [2.05, 4.69) is 5.32 Å². The maximum Gasteiger partial charge on any atom is 0.304 e. The Labute approximate surface area is 206 Å². The van der Waals surface area contributed by atoms with Crippen molar-refractivity contribution in [3.63, 3.8) is 0 Å². The van der Waals surface area contributed by atoms with Crippen molar-refractivity contribution < 1.29 is 64.3 Å². The number of carbonyl (C=O) groups is 2. The van der Waals surface area contributed by atoms with Gasteiger partial charge in [0, 0.05) is 12.7 Å². The van der Waals surface area contributed by atoms with Gasteiger partial charge >= 0.3 is 5.97 Å². The highest BCUT2D eigenvalue weighted by Crippen LogP contribution is 2.29. The Morgan fingerprint density at radius 1 is 0.914 bits per heavy atom. The molecule has 0 aromatic carbocycles. The standard InChI is InChI=1S/C20H35NO13S/c1-9(24)21-13-18(34-20-17(30)16(29)14(27)10(7-22)33-20)15(28)11(8-23)32-19(13)31-4-2-5-35-6-3-12(25)26/h10-11,13-20,22-23,27-30H,2-8H2,1H3,(H,21,24)(H,25,26). The van der Waals surface area contributed by atoms with E-state index < -0.39 is 86.4 Å². The third-order valence-electron chi connectivity index (χ3n) is 5.54. The molecule has 2 fully saturated rings. The predicted octanol–water partition coefficient (Wildman–Crippen LogP) is -3.63. The van der Waals surface area contributed by atoms with Gasteiger partial charge in [0.2, 0.25) is 5.91 Å². The molecule has 1 amide bonds. The summed E-state index contributed by atoms with van der Waals surface area (Å²) >= 11 is 1.43. The van der Waals surface area contributed by atoms with Gasteiger partial charge in [-0.15, -0.1) is 0 Å². The van der Waals surface area contributed by atoms with Crippen LogP contribution < -0.4 is 5.32 Å². The molecule has 10 unspecified atom stereocenters. The summed E-state index contributed by atoms with van der Waals surface area (Å²) < 4.78 is 22.4. The van der Waals surface area contributed by atoms with Gasteiger partial charge in [0.1, 0.15) is 48.8 Å². The molecule has 2 rings (SSSR count). The van der Waals surface area contributed by atoms with Crippen LogP contribution in [-0.2, 0) is 28.5 Å². The van der Waals surface area contributed by atoms with E-state index in [1.54, 1.807) is 0 Å². The van der Waals surface area contributed by atoms with Crippen molar-refractivity contribution >= 4 is 23.6 Å². The highest BCUT2D eigenvalue weighted by Gasteiger charge is 2.51. The zero-order chi connectivity index (χ0) is 26.1.